The van der Waals surface area contributed by atoms with Gasteiger partial charge in [0.1, 0.15) is 0 Å². The summed E-state index contributed by atoms with van der Waals surface area (Å²) in [6.45, 7) is 0.786. The topological polar surface area (TPSA) is 49.0 Å². The molecule has 108 valence electrons. The highest BCUT2D eigenvalue weighted by molar-refractivity contribution is 9.10. The predicted molar refractivity (Wildman–Crippen MR) is 84.5 cm³/mol. The lowest BCUT2D eigenvalue weighted by atomic mass is 9.86. The number of aromatic nitrogens is 2. The van der Waals surface area contributed by atoms with Gasteiger partial charge >= 0.3 is 0 Å². The van der Waals surface area contributed by atoms with E-state index in [0.29, 0.717) is 0 Å². The summed E-state index contributed by atoms with van der Waals surface area (Å²) in [5.74, 6) is 0.181. The summed E-state index contributed by atoms with van der Waals surface area (Å²) < 4.78 is 1.07. The maximum atomic E-state index is 13.0. The van der Waals surface area contributed by atoms with E-state index in [0.717, 1.165) is 53.6 Å². The van der Waals surface area contributed by atoms with Gasteiger partial charge in [0.2, 0.25) is 5.91 Å². The van der Waals surface area contributed by atoms with E-state index in [1.807, 2.05) is 23.2 Å². The Labute approximate surface area is 131 Å². The summed E-state index contributed by atoms with van der Waals surface area (Å²) in [6, 6.07) is 6.17. The first-order valence-electron chi connectivity index (χ1n) is 7.36. The highest BCUT2D eigenvalue weighted by Crippen LogP contribution is 2.36. The van der Waals surface area contributed by atoms with Crippen molar-refractivity contribution in [2.24, 2.45) is 0 Å². The van der Waals surface area contributed by atoms with Gasteiger partial charge in [-0.05, 0) is 49.4 Å². The van der Waals surface area contributed by atoms with Crippen LogP contribution >= 0.6 is 15.9 Å². The average Bonchev–Trinajstić information content (AvgIpc) is 3.11. The number of rotatable bonds is 1. The molecule has 1 unspecified atom stereocenters. The quantitative estimate of drug-likeness (QED) is 0.862. The van der Waals surface area contributed by atoms with Crippen LogP contribution in [-0.2, 0) is 17.6 Å². The zero-order chi connectivity index (χ0) is 14.4. The van der Waals surface area contributed by atoms with Crippen molar-refractivity contribution in [2.75, 3.05) is 11.4 Å². The zero-order valence-electron chi connectivity index (χ0n) is 11.6. The second kappa shape index (κ2) is 4.98. The number of amides is 1. The van der Waals surface area contributed by atoms with Gasteiger partial charge in [-0.3, -0.25) is 9.89 Å². The molecule has 0 fully saturated rings. The molecule has 1 aromatic heterocycles. The monoisotopic (exact) mass is 345 g/mol. The standard InChI is InChI=1S/C16H16BrN3O/c17-11-4-5-15-10(8-11)6-7-20(15)16(21)12-2-1-3-14-13(12)9-18-19-14/h4-5,8-9,12H,1-3,6-7H2,(H,18,19). The Morgan fingerprint density at radius 3 is 3.19 bits per heavy atom. The van der Waals surface area contributed by atoms with Crippen LogP contribution in [0.4, 0.5) is 5.69 Å². The number of anilines is 1. The van der Waals surface area contributed by atoms with Crippen molar-refractivity contribution in [3.05, 3.63) is 45.7 Å². The van der Waals surface area contributed by atoms with Crippen LogP contribution in [0.5, 0.6) is 0 Å². The first-order valence-corrected chi connectivity index (χ1v) is 8.15. The summed E-state index contributed by atoms with van der Waals surface area (Å²) in [7, 11) is 0. The Bertz CT molecular complexity index is 709. The van der Waals surface area contributed by atoms with Crippen molar-refractivity contribution in [3.8, 4) is 0 Å². The van der Waals surface area contributed by atoms with Crippen LogP contribution in [0.25, 0.3) is 0 Å². The van der Waals surface area contributed by atoms with E-state index in [2.05, 4.69) is 32.2 Å². The fraction of sp³-hybridized carbons (Fsp3) is 0.375. The van der Waals surface area contributed by atoms with Crippen LogP contribution in [0.2, 0.25) is 0 Å². The van der Waals surface area contributed by atoms with E-state index in [4.69, 9.17) is 0 Å². The van der Waals surface area contributed by atoms with Crippen LogP contribution < -0.4 is 4.90 Å². The van der Waals surface area contributed by atoms with Gasteiger partial charge in [0.25, 0.3) is 0 Å². The number of hydrogen-bond donors (Lipinski definition) is 1. The van der Waals surface area contributed by atoms with Gasteiger partial charge < -0.3 is 4.90 Å². The Hall–Kier alpha value is -1.62. The van der Waals surface area contributed by atoms with Gasteiger partial charge in [0.05, 0.1) is 12.1 Å². The largest absolute Gasteiger partial charge is 0.311 e. The molecule has 1 amide bonds. The van der Waals surface area contributed by atoms with Gasteiger partial charge in [-0.15, -0.1) is 0 Å². The highest BCUT2D eigenvalue weighted by atomic mass is 79.9. The summed E-state index contributed by atoms with van der Waals surface area (Å²) in [5, 5.41) is 7.15. The number of hydrogen-bond acceptors (Lipinski definition) is 2. The van der Waals surface area contributed by atoms with Crippen LogP contribution in [0.3, 0.4) is 0 Å². The molecule has 1 atom stereocenters. The molecular formula is C16H16BrN3O. The molecule has 4 rings (SSSR count). The number of aromatic amines is 1. The van der Waals surface area contributed by atoms with Gasteiger partial charge in [0.15, 0.2) is 0 Å². The molecule has 0 spiro atoms. The zero-order valence-corrected chi connectivity index (χ0v) is 13.2. The maximum Gasteiger partial charge on any atom is 0.234 e. The molecule has 1 aromatic carbocycles. The van der Waals surface area contributed by atoms with Crippen molar-refractivity contribution in [2.45, 2.75) is 31.6 Å². The molecule has 0 saturated heterocycles. The number of nitrogens with zero attached hydrogens (tertiary/aromatic N) is 2. The molecule has 0 radical (unpaired) electrons. The van der Waals surface area contributed by atoms with E-state index >= 15 is 0 Å². The van der Waals surface area contributed by atoms with Crippen LogP contribution in [0, 0.1) is 0 Å². The number of carbonyl (C=O) groups is 1. The second-order valence-electron chi connectivity index (χ2n) is 5.76. The fourth-order valence-electron chi connectivity index (χ4n) is 3.51. The fourth-order valence-corrected chi connectivity index (χ4v) is 3.91. The molecule has 1 aliphatic carbocycles. The number of benzene rings is 1. The van der Waals surface area contributed by atoms with Gasteiger partial charge in [0, 0.05) is 28.0 Å². The van der Waals surface area contributed by atoms with Crippen LogP contribution in [-0.4, -0.2) is 22.6 Å². The third-order valence-electron chi connectivity index (χ3n) is 4.55. The van der Waals surface area contributed by atoms with E-state index in [-0.39, 0.29) is 11.8 Å². The number of H-pyrrole nitrogens is 1. The van der Waals surface area contributed by atoms with Crippen LogP contribution in [0.1, 0.15) is 35.6 Å². The van der Waals surface area contributed by atoms with E-state index < -0.39 is 0 Å². The normalized spacial score (nSPS) is 20.2. The molecule has 4 nitrogen and oxygen atoms in total. The minimum atomic E-state index is -0.0397. The molecule has 2 aromatic rings. The van der Waals surface area contributed by atoms with Crippen molar-refractivity contribution in [1.29, 1.82) is 0 Å². The second-order valence-corrected chi connectivity index (χ2v) is 6.68. The number of aryl methyl sites for hydroxylation is 1. The van der Waals surface area contributed by atoms with E-state index in [9.17, 15) is 4.79 Å². The summed E-state index contributed by atoms with van der Waals surface area (Å²) in [6.07, 6.45) is 5.74. The summed E-state index contributed by atoms with van der Waals surface area (Å²) in [5.41, 5.74) is 4.55. The lowest BCUT2D eigenvalue weighted by molar-refractivity contribution is -0.120. The van der Waals surface area contributed by atoms with E-state index in [1.165, 1.54) is 5.56 Å². The van der Waals surface area contributed by atoms with Crippen molar-refractivity contribution < 1.29 is 4.79 Å². The maximum absolute atomic E-state index is 13.0. The Morgan fingerprint density at radius 2 is 2.29 bits per heavy atom. The molecule has 0 bridgehead atoms. The SMILES string of the molecule is O=C(C1CCCc2[nH]ncc21)N1CCc2cc(Br)ccc21. The average molecular weight is 346 g/mol. The number of halogens is 1. The Morgan fingerprint density at radius 1 is 1.38 bits per heavy atom. The number of fused-ring (bicyclic) bond motifs is 2. The van der Waals surface area contributed by atoms with Crippen LogP contribution in [0.15, 0.2) is 28.9 Å². The summed E-state index contributed by atoms with van der Waals surface area (Å²) >= 11 is 3.50. The Balaban J connectivity index is 1.67. The molecular weight excluding hydrogens is 330 g/mol. The molecule has 21 heavy (non-hydrogen) atoms. The third-order valence-corrected chi connectivity index (χ3v) is 5.04. The van der Waals surface area contributed by atoms with E-state index in [1.54, 1.807) is 0 Å². The minimum Gasteiger partial charge on any atom is -0.311 e. The summed E-state index contributed by atoms with van der Waals surface area (Å²) in [4.78, 5) is 14.9. The van der Waals surface area contributed by atoms with Gasteiger partial charge in [-0.25, -0.2) is 0 Å². The van der Waals surface area contributed by atoms with Gasteiger partial charge in [-0.1, -0.05) is 15.9 Å². The smallest absolute Gasteiger partial charge is 0.234 e. The molecule has 2 heterocycles. The van der Waals surface area contributed by atoms with Crippen molar-refractivity contribution in [3.63, 3.8) is 0 Å². The lowest BCUT2D eigenvalue weighted by Crippen LogP contribution is -2.35. The molecule has 0 saturated carbocycles. The van der Waals surface area contributed by atoms with Gasteiger partial charge in [-0.2, -0.15) is 5.10 Å². The van der Waals surface area contributed by atoms with Crippen molar-refractivity contribution in [1.82, 2.24) is 10.2 Å². The Kier molecular flexibility index (Phi) is 3.10. The minimum absolute atomic E-state index is 0.0397. The molecule has 2 aliphatic rings. The van der Waals surface area contributed by atoms with Crippen molar-refractivity contribution >= 4 is 27.5 Å². The highest BCUT2D eigenvalue weighted by Gasteiger charge is 2.34. The lowest BCUT2D eigenvalue weighted by Gasteiger charge is -2.26. The molecule has 5 heteroatoms. The predicted octanol–water partition coefficient (Wildman–Crippen LogP) is 3.18. The first-order chi connectivity index (χ1) is 10.2. The molecule has 1 aliphatic heterocycles. The number of nitrogens with one attached hydrogen (secondary N) is 1. The molecule has 1 N–H and O–H groups in total. The number of carbonyl (C=O) groups excluding carboxylic acids is 1. The first kappa shape index (κ1) is 13.1. The third kappa shape index (κ3) is 2.11.